The van der Waals surface area contributed by atoms with Crippen LogP contribution in [0.25, 0.3) is 0 Å². The molecular formula is C19H25BrN2O5S. The zero-order valence-electron chi connectivity index (χ0n) is 16.3. The minimum Gasteiger partial charge on any atom is -0.466 e. The van der Waals surface area contributed by atoms with Crippen LogP contribution in [0.3, 0.4) is 0 Å². The van der Waals surface area contributed by atoms with Crippen LogP contribution in [-0.4, -0.2) is 50.3 Å². The number of carbonyl (C=O) groups excluding carboxylic acids is 2. The number of ether oxygens (including phenoxy) is 1. The second kappa shape index (κ2) is 8.12. The molecule has 1 unspecified atom stereocenters. The number of sulfonamides is 1. The zero-order chi connectivity index (χ0) is 20.6. The van der Waals surface area contributed by atoms with Crippen molar-refractivity contribution in [2.45, 2.75) is 51.0 Å². The fourth-order valence-electron chi connectivity index (χ4n) is 4.03. The maximum Gasteiger partial charge on any atom is 0.309 e. The topological polar surface area (TPSA) is 84.0 Å². The molecule has 0 N–H and O–H groups in total. The van der Waals surface area contributed by atoms with Gasteiger partial charge in [0.1, 0.15) is 0 Å². The van der Waals surface area contributed by atoms with Crippen LogP contribution in [-0.2, 0) is 30.8 Å². The largest absolute Gasteiger partial charge is 0.466 e. The number of benzene rings is 1. The van der Waals surface area contributed by atoms with Gasteiger partial charge in [0.15, 0.2) is 0 Å². The molecule has 0 spiro atoms. The summed E-state index contributed by atoms with van der Waals surface area (Å²) in [5.41, 5.74) is 1.61. The molecule has 0 aliphatic carbocycles. The van der Waals surface area contributed by atoms with E-state index >= 15 is 0 Å². The highest BCUT2D eigenvalue weighted by Crippen LogP contribution is 2.39. The number of fused-ring (bicyclic) bond motifs is 1. The number of nitrogens with zero attached hydrogens (tertiary/aromatic N) is 2. The summed E-state index contributed by atoms with van der Waals surface area (Å²) in [4.78, 5) is 25.7. The molecule has 1 aromatic carbocycles. The molecule has 1 aromatic rings. The van der Waals surface area contributed by atoms with Crippen molar-refractivity contribution < 1.29 is 22.7 Å². The van der Waals surface area contributed by atoms with E-state index in [0.29, 0.717) is 36.0 Å². The number of hydrogen-bond donors (Lipinski definition) is 0. The minimum atomic E-state index is -3.75. The average Bonchev–Trinajstić information content (AvgIpc) is 2.96. The van der Waals surface area contributed by atoms with Gasteiger partial charge in [0.2, 0.25) is 15.9 Å². The van der Waals surface area contributed by atoms with Gasteiger partial charge < -0.3 is 9.64 Å². The van der Waals surface area contributed by atoms with Crippen LogP contribution in [0.1, 0.15) is 39.2 Å². The molecule has 2 aliphatic rings. The molecule has 1 amide bonds. The smallest absolute Gasteiger partial charge is 0.309 e. The summed E-state index contributed by atoms with van der Waals surface area (Å²) in [5.74, 6) is -0.625. The molecule has 1 fully saturated rings. The van der Waals surface area contributed by atoms with Crippen LogP contribution in [0, 0.1) is 5.92 Å². The fourth-order valence-corrected chi connectivity index (χ4v) is 6.57. The lowest BCUT2D eigenvalue weighted by molar-refractivity contribution is -0.149. The third-order valence-corrected chi connectivity index (χ3v) is 8.24. The van der Waals surface area contributed by atoms with Gasteiger partial charge in [-0.25, -0.2) is 8.42 Å². The van der Waals surface area contributed by atoms with Crippen molar-refractivity contribution in [3.8, 4) is 0 Å². The first-order valence-electron chi connectivity index (χ1n) is 9.45. The van der Waals surface area contributed by atoms with Gasteiger partial charge >= 0.3 is 5.97 Å². The predicted octanol–water partition coefficient (Wildman–Crippen LogP) is 2.71. The number of rotatable bonds is 4. The molecule has 0 radical (unpaired) electrons. The fraction of sp³-hybridized carbons (Fsp3) is 0.579. The summed E-state index contributed by atoms with van der Waals surface area (Å²) in [5, 5.41) is 0. The number of esters is 1. The molecule has 1 atom stereocenters. The second-order valence-electron chi connectivity index (χ2n) is 7.28. The third kappa shape index (κ3) is 3.84. The predicted molar refractivity (Wildman–Crippen MR) is 109 cm³/mol. The monoisotopic (exact) mass is 472 g/mol. The van der Waals surface area contributed by atoms with Crippen LogP contribution in [0.2, 0.25) is 0 Å². The lowest BCUT2D eigenvalue weighted by Gasteiger charge is -2.30. The minimum absolute atomic E-state index is 0.00215. The lowest BCUT2D eigenvalue weighted by atomic mass is 9.98. The van der Waals surface area contributed by atoms with Crippen molar-refractivity contribution in [2.75, 3.05) is 24.6 Å². The number of carbonyl (C=O) groups is 2. The van der Waals surface area contributed by atoms with E-state index in [4.69, 9.17) is 4.74 Å². The number of hydrogen-bond acceptors (Lipinski definition) is 5. The first kappa shape index (κ1) is 21.3. The molecule has 0 aromatic heterocycles. The van der Waals surface area contributed by atoms with Crippen LogP contribution < -0.4 is 4.90 Å². The van der Waals surface area contributed by atoms with E-state index in [9.17, 15) is 18.0 Å². The van der Waals surface area contributed by atoms with Crippen LogP contribution >= 0.6 is 15.9 Å². The molecule has 3 rings (SSSR count). The zero-order valence-corrected chi connectivity index (χ0v) is 18.7. The van der Waals surface area contributed by atoms with Crippen molar-refractivity contribution in [3.05, 3.63) is 22.2 Å². The molecule has 2 heterocycles. The average molecular weight is 473 g/mol. The Morgan fingerprint density at radius 1 is 1.25 bits per heavy atom. The van der Waals surface area contributed by atoms with Crippen LogP contribution in [0.4, 0.5) is 5.69 Å². The molecule has 28 heavy (non-hydrogen) atoms. The summed E-state index contributed by atoms with van der Waals surface area (Å²) >= 11 is 3.40. The standard InChI is InChI=1S/C19H25BrN2O5S/c1-4-27-19(24)14-5-7-21(8-6-14)28(25,26)18-11-17-15(10-16(18)20)9-12(2)22(17)13(3)23/h10-12,14H,4-9H2,1-3H3. The van der Waals surface area contributed by atoms with Gasteiger partial charge in [-0.15, -0.1) is 0 Å². The van der Waals surface area contributed by atoms with Crippen molar-refractivity contribution >= 4 is 43.5 Å². The molecule has 9 heteroatoms. The van der Waals surface area contributed by atoms with Crippen LogP contribution in [0.15, 0.2) is 21.5 Å². The molecule has 154 valence electrons. The number of piperidine rings is 1. The Hall–Kier alpha value is -1.45. The van der Waals surface area contributed by atoms with Gasteiger partial charge in [0.05, 0.1) is 17.4 Å². The van der Waals surface area contributed by atoms with E-state index in [-0.39, 0.29) is 41.8 Å². The molecule has 7 nitrogen and oxygen atoms in total. The molecule has 2 aliphatic heterocycles. The van der Waals surface area contributed by atoms with E-state index in [0.717, 1.165) is 5.56 Å². The summed E-state index contributed by atoms with van der Waals surface area (Å²) in [6, 6.07) is 3.39. The third-order valence-electron chi connectivity index (χ3n) is 5.38. The quantitative estimate of drug-likeness (QED) is 0.628. The van der Waals surface area contributed by atoms with Crippen molar-refractivity contribution in [1.82, 2.24) is 4.31 Å². The van der Waals surface area contributed by atoms with Gasteiger partial charge in [-0.1, -0.05) is 0 Å². The highest BCUT2D eigenvalue weighted by atomic mass is 79.9. The Kier molecular flexibility index (Phi) is 6.17. The van der Waals surface area contributed by atoms with Crippen molar-refractivity contribution in [1.29, 1.82) is 0 Å². The highest BCUT2D eigenvalue weighted by molar-refractivity contribution is 9.10. The van der Waals surface area contributed by atoms with Gasteiger partial charge in [-0.2, -0.15) is 4.31 Å². The van der Waals surface area contributed by atoms with E-state index < -0.39 is 10.0 Å². The van der Waals surface area contributed by atoms with E-state index in [1.807, 2.05) is 6.92 Å². The Balaban J connectivity index is 1.86. The Morgan fingerprint density at radius 3 is 2.46 bits per heavy atom. The molecular weight excluding hydrogens is 448 g/mol. The van der Waals surface area contributed by atoms with Gasteiger partial charge in [-0.3, -0.25) is 9.59 Å². The summed E-state index contributed by atoms with van der Waals surface area (Å²) in [6.45, 7) is 6.05. The van der Waals surface area contributed by atoms with Crippen LogP contribution in [0.5, 0.6) is 0 Å². The van der Waals surface area contributed by atoms with Gasteiger partial charge in [-0.05, 0) is 66.7 Å². The lowest BCUT2D eigenvalue weighted by Crippen LogP contribution is -2.40. The maximum atomic E-state index is 13.2. The maximum absolute atomic E-state index is 13.2. The van der Waals surface area contributed by atoms with Gasteiger partial charge in [0.25, 0.3) is 0 Å². The van der Waals surface area contributed by atoms with Gasteiger partial charge in [0, 0.05) is 36.2 Å². The van der Waals surface area contributed by atoms with E-state index in [2.05, 4.69) is 15.9 Å². The van der Waals surface area contributed by atoms with E-state index in [1.165, 1.54) is 11.2 Å². The Bertz CT molecular complexity index is 894. The van der Waals surface area contributed by atoms with Crippen molar-refractivity contribution in [3.63, 3.8) is 0 Å². The summed E-state index contributed by atoms with van der Waals surface area (Å²) in [6.07, 6.45) is 1.58. The van der Waals surface area contributed by atoms with E-state index in [1.54, 1.807) is 24.0 Å². The summed E-state index contributed by atoms with van der Waals surface area (Å²) in [7, 11) is -3.75. The molecule has 1 saturated heterocycles. The number of halogens is 1. The van der Waals surface area contributed by atoms with Crippen molar-refractivity contribution in [2.24, 2.45) is 5.92 Å². The SMILES string of the molecule is CCOC(=O)C1CCN(S(=O)(=O)c2cc3c(cc2Br)CC(C)N3C(C)=O)CC1. The number of amides is 1. The first-order chi connectivity index (χ1) is 13.2. The summed E-state index contributed by atoms with van der Waals surface area (Å²) < 4.78 is 33.4. The Morgan fingerprint density at radius 2 is 1.89 bits per heavy atom. The highest BCUT2D eigenvalue weighted by Gasteiger charge is 2.36. The first-order valence-corrected chi connectivity index (χ1v) is 11.7. The number of anilines is 1. The normalized spacial score (nSPS) is 20.9. The molecule has 0 bridgehead atoms. The molecule has 0 saturated carbocycles. The second-order valence-corrected chi connectivity index (χ2v) is 10.0. The Labute approximate surface area is 174 Å².